The average molecular weight is 201 g/mol. The summed E-state index contributed by atoms with van der Waals surface area (Å²) < 4.78 is 5.61. The number of likely N-dealkylation sites (tertiary alicyclic amines) is 1. The Kier molecular flexibility index (Phi) is 3.56. The first-order chi connectivity index (χ1) is 6.35. The molecule has 0 amide bonds. The van der Waals surface area contributed by atoms with Gasteiger partial charge in [0.2, 0.25) is 0 Å². The summed E-state index contributed by atoms with van der Waals surface area (Å²) >= 11 is 0. The molecule has 1 aliphatic rings. The Balaban J connectivity index is 2.07. The van der Waals surface area contributed by atoms with Gasteiger partial charge in [-0.05, 0) is 27.2 Å². The number of β-amino-alcohol motifs (C(OH)–C–C–N with tert-alkyl or cyclic N) is 1. The summed E-state index contributed by atoms with van der Waals surface area (Å²) in [4.78, 5) is 2.23. The van der Waals surface area contributed by atoms with E-state index in [2.05, 4.69) is 25.7 Å². The van der Waals surface area contributed by atoms with Crippen LogP contribution in [0.1, 0.15) is 34.1 Å². The predicted octanol–water partition coefficient (Wildman–Crippen LogP) is 1.26. The molecule has 0 aromatic rings. The minimum atomic E-state index is -0.415. The molecule has 0 spiro atoms. The lowest BCUT2D eigenvalue weighted by Gasteiger charge is -2.46. The molecule has 1 heterocycles. The van der Waals surface area contributed by atoms with Crippen molar-refractivity contribution < 1.29 is 9.84 Å². The van der Waals surface area contributed by atoms with E-state index in [0.717, 1.165) is 32.7 Å². The van der Waals surface area contributed by atoms with Crippen molar-refractivity contribution >= 4 is 0 Å². The van der Waals surface area contributed by atoms with Crippen molar-refractivity contribution in [3.63, 3.8) is 0 Å². The lowest BCUT2D eigenvalue weighted by molar-refractivity contribution is -0.112. The maximum atomic E-state index is 9.77. The Labute approximate surface area is 87.1 Å². The lowest BCUT2D eigenvalue weighted by atomic mass is 9.91. The normalized spacial score (nSPS) is 22.1. The third-order valence-corrected chi connectivity index (χ3v) is 2.64. The van der Waals surface area contributed by atoms with Crippen LogP contribution in [0.4, 0.5) is 0 Å². The fourth-order valence-electron chi connectivity index (χ4n) is 1.65. The Hall–Kier alpha value is -0.120. The highest BCUT2D eigenvalue weighted by Crippen LogP contribution is 2.23. The molecule has 1 N–H and O–H groups in total. The predicted molar refractivity (Wildman–Crippen MR) is 57.4 cm³/mol. The van der Waals surface area contributed by atoms with Crippen LogP contribution in [0.2, 0.25) is 0 Å². The molecule has 0 radical (unpaired) electrons. The van der Waals surface area contributed by atoms with E-state index in [1.54, 1.807) is 0 Å². The largest absolute Gasteiger partial charge is 0.387 e. The minimum absolute atomic E-state index is 0.0497. The topological polar surface area (TPSA) is 32.7 Å². The van der Waals surface area contributed by atoms with E-state index in [4.69, 9.17) is 4.74 Å². The summed E-state index contributed by atoms with van der Waals surface area (Å²) in [6, 6.07) is 0. The molecule has 3 heteroatoms. The monoisotopic (exact) mass is 201 g/mol. The van der Waals surface area contributed by atoms with Crippen LogP contribution in [0, 0.1) is 0 Å². The molecule has 1 fully saturated rings. The SMILES string of the molecule is CCC1(O)CN(CCOC(C)(C)C)C1. The Bertz CT molecular complexity index is 180. The molecule has 0 unspecified atom stereocenters. The number of hydrogen-bond acceptors (Lipinski definition) is 3. The summed E-state index contributed by atoms with van der Waals surface area (Å²) in [6.07, 6.45) is 0.851. The quantitative estimate of drug-likeness (QED) is 0.743. The van der Waals surface area contributed by atoms with Crippen molar-refractivity contribution in [1.29, 1.82) is 0 Å². The van der Waals surface area contributed by atoms with E-state index >= 15 is 0 Å². The Morgan fingerprint density at radius 3 is 2.36 bits per heavy atom. The molecule has 0 atom stereocenters. The standard InChI is InChI=1S/C11H23NO2/c1-5-11(13)8-12(9-11)6-7-14-10(2,3)4/h13H,5-9H2,1-4H3. The van der Waals surface area contributed by atoms with Crippen molar-refractivity contribution in [2.45, 2.75) is 45.3 Å². The fraction of sp³-hybridized carbons (Fsp3) is 1.00. The molecule has 1 aliphatic heterocycles. The molecule has 0 aromatic heterocycles. The smallest absolute Gasteiger partial charge is 0.0897 e. The van der Waals surface area contributed by atoms with Crippen molar-refractivity contribution in [2.24, 2.45) is 0 Å². The number of rotatable bonds is 4. The molecule has 0 aromatic carbocycles. The maximum Gasteiger partial charge on any atom is 0.0897 e. The molecule has 1 saturated heterocycles. The molecule has 14 heavy (non-hydrogen) atoms. The zero-order chi connectivity index (χ0) is 10.8. The van der Waals surface area contributed by atoms with Gasteiger partial charge in [0.25, 0.3) is 0 Å². The van der Waals surface area contributed by atoms with Gasteiger partial charge in [0.05, 0.1) is 17.8 Å². The Morgan fingerprint density at radius 1 is 1.36 bits per heavy atom. The van der Waals surface area contributed by atoms with Crippen LogP contribution in [-0.4, -0.2) is 47.4 Å². The second kappa shape index (κ2) is 4.17. The lowest BCUT2D eigenvalue weighted by Crippen LogP contribution is -2.61. The summed E-state index contributed by atoms with van der Waals surface area (Å²) in [5.41, 5.74) is -0.465. The average Bonchev–Trinajstić information content (AvgIpc) is 1.98. The number of nitrogens with zero attached hydrogens (tertiary/aromatic N) is 1. The van der Waals surface area contributed by atoms with Crippen molar-refractivity contribution in [2.75, 3.05) is 26.2 Å². The van der Waals surface area contributed by atoms with Crippen LogP contribution in [0.15, 0.2) is 0 Å². The third-order valence-electron chi connectivity index (χ3n) is 2.64. The van der Waals surface area contributed by atoms with Crippen LogP contribution in [0.5, 0.6) is 0 Å². The van der Waals surface area contributed by atoms with E-state index in [0.29, 0.717) is 0 Å². The van der Waals surface area contributed by atoms with Crippen LogP contribution in [-0.2, 0) is 4.74 Å². The molecule has 1 rings (SSSR count). The summed E-state index contributed by atoms with van der Waals surface area (Å²) in [7, 11) is 0. The van der Waals surface area contributed by atoms with Gasteiger partial charge in [-0.15, -0.1) is 0 Å². The first kappa shape index (κ1) is 12.0. The zero-order valence-electron chi connectivity index (χ0n) is 9.84. The maximum absolute atomic E-state index is 9.77. The number of hydrogen-bond donors (Lipinski definition) is 1. The highest BCUT2D eigenvalue weighted by Gasteiger charge is 2.38. The van der Waals surface area contributed by atoms with Gasteiger partial charge in [-0.25, -0.2) is 0 Å². The minimum Gasteiger partial charge on any atom is -0.387 e. The molecule has 0 aliphatic carbocycles. The van der Waals surface area contributed by atoms with Crippen LogP contribution in [0.25, 0.3) is 0 Å². The number of ether oxygens (including phenoxy) is 1. The van der Waals surface area contributed by atoms with Gasteiger partial charge in [0.1, 0.15) is 0 Å². The summed E-state index contributed by atoms with van der Waals surface area (Å²) in [6.45, 7) is 11.5. The zero-order valence-corrected chi connectivity index (χ0v) is 9.84. The molecular weight excluding hydrogens is 178 g/mol. The summed E-state index contributed by atoms with van der Waals surface area (Å²) in [5, 5.41) is 9.77. The Morgan fingerprint density at radius 2 is 1.93 bits per heavy atom. The van der Waals surface area contributed by atoms with E-state index in [9.17, 15) is 5.11 Å². The van der Waals surface area contributed by atoms with Gasteiger partial charge in [0.15, 0.2) is 0 Å². The molecular formula is C11H23NO2. The third kappa shape index (κ3) is 3.56. The van der Waals surface area contributed by atoms with E-state index in [1.807, 2.05) is 6.92 Å². The van der Waals surface area contributed by atoms with Crippen LogP contribution >= 0.6 is 0 Å². The second-order valence-corrected chi connectivity index (χ2v) is 5.25. The molecule has 0 bridgehead atoms. The highest BCUT2D eigenvalue weighted by atomic mass is 16.5. The van der Waals surface area contributed by atoms with Gasteiger partial charge < -0.3 is 9.84 Å². The molecule has 3 nitrogen and oxygen atoms in total. The number of aliphatic hydroxyl groups is 1. The van der Waals surface area contributed by atoms with E-state index < -0.39 is 5.60 Å². The van der Waals surface area contributed by atoms with Crippen molar-refractivity contribution in [3.05, 3.63) is 0 Å². The van der Waals surface area contributed by atoms with Gasteiger partial charge in [-0.3, -0.25) is 4.90 Å². The molecule has 0 saturated carbocycles. The van der Waals surface area contributed by atoms with Crippen molar-refractivity contribution in [1.82, 2.24) is 4.90 Å². The summed E-state index contributed by atoms with van der Waals surface area (Å²) in [5.74, 6) is 0. The first-order valence-electron chi connectivity index (χ1n) is 5.43. The van der Waals surface area contributed by atoms with Gasteiger partial charge in [-0.1, -0.05) is 6.92 Å². The van der Waals surface area contributed by atoms with Gasteiger partial charge >= 0.3 is 0 Å². The van der Waals surface area contributed by atoms with E-state index in [-0.39, 0.29) is 5.60 Å². The molecule has 84 valence electrons. The highest BCUT2D eigenvalue weighted by molar-refractivity contribution is 4.93. The van der Waals surface area contributed by atoms with Gasteiger partial charge in [0, 0.05) is 19.6 Å². The van der Waals surface area contributed by atoms with Crippen LogP contribution in [0.3, 0.4) is 0 Å². The fourth-order valence-corrected chi connectivity index (χ4v) is 1.65. The van der Waals surface area contributed by atoms with Gasteiger partial charge in [-0.2, -0.15) is 0 Å². The second-order valence-electron chi connectivity index (χ2n) is 5.25. The van der Waals surface area contributed by atoms with Crippen molar-refractivity contribution in [3.8, 4) is 0 Å². The first-order valence-corrected chi connectivity index (χ1v) is 5.43. The van der Waals surface area contributed by atoms with Crippen LogP contribution < -0.4 is 0 Å². The van der Waals surface area contributed by atoms with E-state index in [1.165, 1.54) is 0 Å².